The van der Waals surface area contributed by atoms with Crippen molar-refractivity contribution in [2.45, 2.75) is 32.5 Å². The molecule has 0 unspecified atom stereocenters. The summed E-state index contributed by atoms with van der Waals surface area (Å²) in [7, 11) is 0. The first kappa shape index (κ1) is 16.2. The number of aromatic nitrogens is 2. The van der Waals surface area contributed by atoms with Crippen LogP contribution in [0.2, 0.25) is 0 Å². The summed E-state index contributed by atoms with van der Waals surface area (Å²) in [6.45, 7) is 3.73. The third-order valence-corrected chi connectivity index (χ3v) is 4.04. The molecule has 1 heterocycles. The number of aliphatic hydroxyl groups is 1. The van der Waals surface area contributed by atoms with Crippen LogP contribution in [-0.2, 0) is 11.3 Å². The first-order chi connectivity index (χ1) is 11.6. The van der Waals surface area contributed by atoms with Crippen LogP contribution in [-0.4, -0.2) is 20.6 Å². The van der Waals surface area contributed by atoms with Gasteiger partial charge < -0.3 is 15.0 Å². The second kappa shape index (κ2) is 6.84. The standard InChI is InChI=1S/C19H21N3O2/c1-13(15-8-4-3-5-9-15)20-18(24)12-22-17-11-7-6-10-16(17)21-19(22)14(2)23/h3-11,13-14,23H,12H2,1-2H3,(H,20,24)/t13-,14-/m0/s1. The monoisotopic (exact) mass is 323 g/mol. The predicted molar refractivity (Wildman–Crippen MR) is 93.4 cm³/mol. The van der Waals surface area contributed by atoms with Crippen LogP contribution in [0.1, 0.15) is 37.4 Å². The SMILES string of the molecule is C[C@H](O)c1nc2ccccc2n1CC(=O)N[C@@H](C)c1ccccc1. The van der Waals surface area contributed by atoms with E-state index in [4.69, 9.17) is 0 Å². The summed E-state index contributed by atoms with van der Waals surface area (Å²) in [5.74, 6) is 0.384. The molecular weight excluding hydrogens is 302 g/mol. The molecule has 124 valence electrons. The number of hydrogen-bond acceptors (Lipinski definition) is 3. The summed E-state index contributed by atoms with van der Waals surface area (Å²) in [4.78, 5) is 16.9. The maximum absolute atomic E-state index is 12.5. The minimum absolute atomic E-state index is 0.0801. The molecule has 24 heavy (non-hydrogen) atoms. The molecule has 0 aliphatic heterocycles. The van der Waals surface area contributed by atoms with Crippen molar-refractivity contribution in [3.8, 4) is 0 Å². The molecule has 0 spiro atoms. The van der Waals surface area contributed by atoms with Crippen molar-refractivity contribution in [3.63, 3.8) is 0 Å². The lowest BCUT2D eigenvalue weighted by molar-refractivity contribution is -0.122. The summed E-state index contributed by atoms with van der Waals surface area (Å²) in [5, 5.41) is 13.0. The molecule has 1 aromatic heterocycles. The highest BCUT2D eigenvalue weighted by atomic mass is 16.3. The van der Waals surface area contributed by atoms with E-state index in [2.05, 4.69) is 10.3 Å². The van der Waals surface area contributed by atoms with Crippen LogP contribution < -0.4 is 5.32 Å². The lowest BCUT2D eigenvalue weighted by Crippen LogP contribution is -2.30. The van der Waals surface area contributed by atoms with Gasteiger partial charge in [0.1, 0.15) is 18.5 Å². The molecule has 2 N–H and O–H groups in total. The van der Waals surface area contributed by atoms with E-state index in [-0.39, 0.29) is 18.5 Å². The van der Waals surface area contributed by atoms with Gasteiger partial charge in [0.2, 0.25) is 5.91 Å². The molecule has 0 saturated heterocycles. The molecule has 2 atom stereocenters. The van der Waals surface area contributed by atoms with Crippen LogP contribution in [0.5, 0.6) is 0 Å². The van der Waals surface area contributed by atoms with Gasteiger partial charge in [-0.3, -0.25) is 4.79 Å². The van der Waals surface area contributed by atoms with Gasteiger partial charge in [0.05, 0.1) is 17.1 Å². The normalized spacial score (nSPS) is 13.6. The summed E-state index contributed by atoms with van der Waals surface area (Å²) in [5.41, 5.74) is 2.67. The highest BCUT2D eigenvalue weighted by Crippen LogP contribution is 2.20. The summed E-state index contributed by atoms with van der Waals surface area (Å²) in [6, 6.07) is 17.3. The fraction of sp³-hybridized carbons (Fsp3) is 0.263. The van der Waals surface area contributed by atoms with Gasteiger partial charge >= 0.3 is 0 Å². The molecule has 0 aliphatic rings. The van der Waals surface area contributed by atoms with Crippen molar-refractivity contribution in [2.24, 2.45) is 0 Å². The van der Waals surface area contributed by atoms with Gasteiger partial charge in [-0.25, -0.2) is 4.98 Å². The topological polar surface area (TPSA) is 67.2 Å². The predicted octanol–water partition coefficient (Wildman–Crippen LogP) is 2.97. The zero-order valence-electron chi connectivity index (χ0n) is 13.8. The number of carbonyl (C=O) groups excluding carboxylic acids is 1. The third-order valence-electron chi connectivity index (χ3n) is 4.04. The van der Waals surface area contributed by atoms with Crippen molar-refractivity contribution in [1.82, 2.24) is 14.9 Å². The molecule has 0 aliphatic carbocycles. The Bertz CT molecular complexity index is 840. The maximum atomic E-state index is 12.5. The number of benzene rings is 2. The van der Waals surface area contributed by atoms with Crippen molar-refractivity contribution in [3.05, 3.63) is 66.0 Å². The van der Waals surface area contributed by atoms with Crippen molar-refractivity contribution in [2.75, 3.05) is 0 Å². The van der Waals surface area contributed by atoms with Gasteiger partial charge in [0.25, 0.3) is 0 Å². The highest BCUT2D eigenvalue weighted by Gasteiger charge is 2.17. The molecule has 5 nitrogen and oxygen atoms in total. The largest absolute Gasteiger partial charge is 0.385 e. The minimum atomic E-state index is -0.739. The minimum Gasteiger partial charge on any atom is -0.385 e. The number of para-hydroxylation sites is 2. The summed E-state index contributed by atoms with van der Waals surface area (Å²) in [6.07, 6.45) is -0.739. The molecule has 2 aromatic carbocycles. The Hall–Kier alpha value is -2.66. The van der Waals surface area contributed by atoms with Crippen molar-refractivity contribution in [1.29, 1.82) is 0 Å². The number of hydrogen-bond donors (Lipinski definition) is 2. The van der Waals surface area contributed by atoms with E-state index < -0.39 is 6.10 Å². The van der Waals surface area contributed by atoms with Gasteiger partial charge in [-0.05, 0) is 31.5 Å². The highest BCUT2D eigenvalue weighted by molar-refractivity contribution is 5.81. The third kappa shape index (κ3) is 3.31. The Labute approximate surface area is 141 Å². The number of nitrogens with one attached hydrogen (secondary N) is 1. The first-order valence-corrected chi connectivity index (χ1v) is 8.04. The number of imidazole rings is 1. The van der Waals surface area contributed by atoms with Crippen molar-refractivity contribution < 1.29 is 9.90 Å². The number of amides is 1. The van der Waals surface area contributed by atoms with Crippen LogP contribution >= 0.6 is 0 Å². The molecular formula is C19H21N3O2. The Morgan fingerprint density at radius 1 is 1.12 bits per heavy atom. The van der Waals surface area contributed by atoms with E-state index in [1.807, 2.05) is 61.5 Å². The fourth-order valence-electron chi connectivity index (χ4n) is 2.84. The maximum Gasteiger partial charge on any atom is 0.240 e. The van der Waals surface area contributed by atoms with E-state index in [9.17, 15) is 9.90 Å². The number of nitrogens with zero attached hydrogens (tertiary/aromatic N) is 2. The molecule has 1 amide bonds. The lowest BCUT2D eigenvalue weighted by atomic mass is 10.1. The number of carbonyl (C=O) groups is 1. The molecule has 0 radical (unpaired) electrons. The molecule has 3 aromatic rings. The number of rotatable bonds is 5. The molecule has 5 heteroatoms. The Kier molecular flexibility index (Phi) is 4.62. The molecule has 0 fully saturated rings. The van der Waals surface area contributed by atoms with E-state index in [0.29, 0.717) is 5.82 Å². The zero-order chi connectivity index (χ0) is 17.1. The number of fused-ring (bicyclic) bond motifs is 1. The zero-order valence-corrected chi connectivity index (χ0v) is 13.8. The van der Waals surface area contributed by atoms with Gasteiger partial charge in [-0.1, -0.05) is 42.5 Å². The van der Waals surface area contributed by atoms with E-state index >= 15 is 0 Å². The smallest absolute Gasteiger partial charge is 0.240 e. The Morgan fingerprint density at radius 3 is 2.50 bits per heavy atom. The summed E-state index contributed by atoms with van der Waals surface area (Å²) < 4.78 is 1.77. The average molecular weight is 323 g/mol. The van der Waals surface area contributed by atoms with E-state index in [1.165, 1.54) is 0 Å². The van der Waals surface area contributed by atoms with Crippen LogP contribution in [0, 0.1) is 0 Å². The summed E-state index contributed by atoms with van der Waals surface area (Å²) >= 11 is 0. The molecule has 3 rings (SSSR count). The van der Waals surface area contributed by atoms with Gasteiger partial charge in [0.15, 0.2) is 0 Å². The van der Waals surface area contributed by atoms with Gasteiger partial charge in [0, 0.05) is 0 Å². The second-order valence-electron chi connectivity index (χ2n) is 5.92. The van der Waals surface area contributed by atoms with Gasteiger partial charge in [-0.15, -0.1) is 0 Å². The van der Waals surface area contributed by atoms with E-state index in [1.54, 1.807) is 11.5 Å². The van der Waals surface area contributed by atoms with Crippen LogP contribution in [0.15, 0.2) is 54.6 Å². The van der Waals surface area contributed by atoms with Crippen LogP contribution in [0.4, 0.5) is 0 Å². The van der Waals surface area contributed by atoms with Crippen LogP contribution in [0.3, 0.4) is 0 Å². The van der Waals surface area contributed by atoms with Crippen molar-refractivity contribution >= 4 is 16.9 Å². The second-order valence-corrected chi connectivity index (χ2v) is 5.92. The number of aliphatic hydroxyl groups excluding tert-OH is 1. The molecule has 0 bridgehead atoms. The quantitative estimate of drug-likeness (QED) is 0.758. The molecule has 0 saturated carbocycles. The first-order valence-electron chi connectivity index (χ1n) is 8.04. The van der Waals surface area contributed by atoms with Gasteiger partial charge in [-0.2, -0.15) is 0 Å². The van der Waals surface area contributed by atoms with E-state index in [0.717, 1.165) is 16.6 Å². The fourth-order valence-corrected chi connectivity index (χ4v) is 2.84. The van der Waals surface area contributed by atoms with Crippen LogP contribution in [0.25, 0.3) is 11.0 Å². The Balaban J connectivity index is 1.81. The lowest BCUT2D eigenvalue weighted by Gasteiger charge is -2.16. The average Bonchev–Trinajstić information content (AvgIpc) is 2.94. The Morgan fingerprint density at radius 2 is 1.79 bits per heavy atom.